The summed E-state index contributed by atoms with van der Waals surface area (Å²) in [6.07, 6.45) is 16.5. The van der Waals surface area contributed by atoms with Gasteiger partial charge in [0, 0.05) is 0 Å². The standard InChI is InChI=1S/C17H30.C9H10O2/c1-6-7-11-16(4)13-9-14-17(5)12-8-10-15(2)3;10-8-3-4-9-7(6-8)2-1-5-11-9/h10-11,14H,6-9,12-13H2,1-5H3;3-4,6,10H,1-2,5H2/b16-11+,17-14+;. The van der Waals surface area contributed by atoms with Crippen LogP contribution in [0.5, 0.6) is 11.5 Å². The van der Waals surface area contributed by atoms with Gasteiger partial charge in [-0.05, 0) is 96.4 Å². The molecule has 28 heavy (non-hydrogen) atoms. The molecule has 0 aliphatic carbocycles. The van der Waals surface area contributed by atoms with E-state index in [1.807, 2.05) is 6.07 Å². The van der Waals surface area contributed by atoms with Crippen LogP contribution in [0.1, 0.15) is 85.1 Å². The largest absolute Gasteiger partial charge is 0.508 e. The molecule has 0 spiro atoms. The second-order valence-corrected chi connectivity index (χ2v) is 7.99. The minimum Gasteiger partial charge on any atom is -0.508 e. The summed E-state index contributed by atoms with van der Waals surface area (Å²) in [5.74, 6) is 1.25. The molecule has 0 saturated carbocycles. The van der Waals surface area contributed by atoms with Crippen molar-refractivity contribution >= 4 is 0 Å². The van der Waals surface area contributed by atoms with E-state index in [1.165, 1.54) is 49.7 Å². The summed E-state index contributed by atoms with van der Waals surface area (Å²) in [6.45, 7) is 11.9. The first-order chi connectivity index (χ1) is 13.4. The maximum atomic E-state index is 9.13. The van der Waals surface area contributed by atoms with E-state index in [4.69, 9.17) is 9.84 Å². The average Bonchev–Trinajstić information content (AvgIpc) is 2.66. The molecular weight excluding hydrogens is 344 g/mol. The minimum absolute atomic E-state index is 0.328. The van der Waals surface area contributed by atoms with Crippen LogP contribution in [0.15, 0.2) is 53.1 Å². The monoisotopic (exact) mass is 384 g/mol. The second-order valence-electron chi connectivity index (χ2n) is 7.99. The summed E-state index contributed by atoms with van der Waals surface area (Å²) in [7, 11) is 0. The number of allylic oxidation sites excluding steroid dienone is 6. The Kier molecular flexibility index (Phi) is 12.1. The number of aryl methyl sites for hydroxylation is 1. The first-order valence-corrected chi connectivity index (χ1v) is 10.8. The van der Waals surface area contributed by atoms with Gasteiger partial charge in [0.2, 0.25) is 0 Å². The van der Waals surface area contributed by atoms with Crippen molar-refractivity contribution < 1.29 is 9.84 Å². The summed E-state index contributed by atoms with van der Waals surface area (Å²) in [5, 5.41) is 9.13. The summed E-state index contributed by atoms with van der Waals surface area (Å²) in [4.78, 5) is 0. The summed E-state index contributed by atoms with van der Waals surface area (Å²) in [5.41, 5.74) is 5.62. The van der Waals surface area contributed by atoms with Gasteiger partial charge in [-0.2, -0.15) is 0 Å². The van der Waals surface area contributed by atoms with Crippen molar-refractivity contribution in [1.29, 1.82) is 0 Å². The lowest BCUT2D eigenvalue weighted by atomic mass is 10.1. The highest BCUT2D eigenvalue weighted by molar-refractivity contribution is 5.40. The second kappa shape index (κ2) is 14.1. The van der Waals surface area contributed by atoms with Crippen molar-refractivity contribution in [2.75, 3.05) is 6.61 Å². The summed E-state index contributed by atoms with van der Waals surface area (Å²) < 4.78 is 5.37. The molecule has 1 aromatic carbocycles. The molecule has 0 fully saturated rings. The number of fused-ring (bicyclic) bond motifs is 1. The van der Waals surface area contributed by atoms with Crippen LogP contribution in [0, 0.1) is 0 Å². The van der Waals surface area contributed by atoms with Gasteiger partial charge in [-0.1, -0.05) is 48.3 Å². The van der Waals surface area contributed by atoms with E-state index in [9.17, 15) is 0 Å². The molecule has 2 nitrogen and oxygen atoms in total. The smallest absolute Gasteiger partial charge is 0.122 e. The summed E-state index contributed by atoms with van der Waals surface area (Å²) in [6, 6.07) is 5.25. The number of unbranched alkanes of at least 4 members (excludes halogenated alkanes) is 1. The van der Waals surface area contributed by atoms with Crippen LogP contribution in [0.2, 0.25) is 0 Å². The molecule has 1 aliphatic rings. The van der Waals surface area contributed by atoms with Crippen LogP contribution in [-0.2, 0) is 6.42 Å². The van der Waals surface area contributed by atoms with E-state index in [1.54, 1.807) is 17.7 Å². The van der Waals surface area contributed by atoms with Gasteiger partial charge in [0.05, 0.1) is 6.61 Å². The van der Waals surface area contributed by atoms with E-state index in [-0.39, 0.29) is 0 Å². The summed E-state index contributed by atoms with van der Waals surface area (Å²) >= 11 is 0. The lowest BCUT2D eigenvalue weighted by Crippen LogP contribution is -2.07. The van der Waals surface area contributed by atoms with Gasteiger partial charge in [-0.25, -0.2) is 0 Å². The SMILES string of the molecule is CCC/C=C(\C)CC/C=C(\C)CCC=C(C)C.Oc1ccc2c(c1)CCCO2. The minimum atomic E-state index is 0.328. The fourth-order valence-electron chi connectivity index (χ4n) is 3.08. The van der Waals surface area contributed by atoms with Gasteiger partial charge in [0.15, 0.2) is 0 Å². The fourth-order valence-corrected chi connectivity index (χ4v) is 3.08. The third-order valence-corrected chi connectivity index (χ3v) is 4.80. The van der Waals surface area contributed by atoms with Gasteiger partial charge in [-0.3, -0.25) is 0 Å². The van der Waals surface area contributed by atoms with Crippen molar-refractivity contribution in [3.63, 3.8) is 0 Å². The quantitative estimate of drug-likeness (QED) is 0.461. The molecule has 0 radical (unpaired) electrons. The number of phenolic OH excluding ortho intramolecular Hbond substituents is 1. The molecule has 1 aliphatic heterocycles. The highest BCUT2D eigenvalue weighted by Crippen LogP contribution is 2.27. The first kappa shape index (κ1) is 24.1. The first-order valence-electron chi connectivity index (χ1n) is 10.8. The molecule has 0 aromatic heterocycles. The Hall–Kier alpha value is -1.96. The van der Waals surface area contributed by atoms with Gasteiger partial charge in [0.1, 0.15) is 11.5 Å². The number of hydrogen-bond donors (Lipinski definition) is 1. The van der Waals surface area contributed by atoms with E-state index < -0.39 is 0 Å². The third-order valence-electron chi connectivity index (χ3n) is 4.80. The number of phenols is 1. The molecule has 0 amide bonds. The Morgan fingerprint density at radius 3 is 2.25 bits per heavy atom. The number of hydrogen-bond acceptors (Lipinski definition) is 2. The van der Waals surface area contributed by atoms with Crippen LogP contribution in [-0.4, -0.2) is 11.7 Å². The predicted molar refractivity (Wildman–Crippen MR) is 122 cm³/mol. The van der Waals surface area contributed by atoms with E-state index in [0.717, 1.165) is 30.8 Å². The van der Waals surface area contributed by atoms with Crippen LogP contribution >= 0.6 is 0 Å². The Morgan fingerprint density at radius 1 is 0.964 bits per heavy atom. The van der Waals surface area contributed by atoms with Crippen molar-refractivity contribution in [2.45, 2.75) is 86.0 Å². The van der Waals surface area contributed by atoms with Gasteiger partial charge in [0.25, 0.3) is 0 Å². The average molecular weight is 385 g/mol. The van der Waals surface area contributed by atoms with Crippen molar-refractivity contribution in [1.82, 2.24) is 0 Å². The van der Waals surface area contributed by atoms with Gasteiger partial charge < -0.3 is 9.84 Å². The lowest BCUT2D eigenvalue weighted by Gasteiger charge is -2.16. The van der Waals surface area contributed by atoms with Gasteiger partial charge >= 0.3 is 0 Å². The molecular formula is C26H40O2. The van der Waals surface area contributed by atoms with E-state index in [2.05, 4.69) is 52.8 Å². The number of aromatic hydroxyl groups is 1. The Morgan fingerprint density at radius 2 is 1.61 bits per heavy atom. The van der Waals surface area contributed by atoms with Crippen molar-refractivity contribution in [3.8, 4) is 11.5 Å². The Balaban J connectivity index is 0.000000302. The van der Waals surface area contributed by atoms with E-state index in [0.29, 0.717) is 5.75 Å². The normalized spacial score (nSPS) is 13.8. The van der Waals surface area contributed by atoms with Gasteiger partial charge in [-0.15, -0.1) is 0 Å². The molecule has 0 unspecified atom stereocenters. The molecule has 156 valence electrons. The number of benzene rings is 1. The van der Waals surface area contributed by atoms with E-state index >= 15 is 0 Å². The maximum absolute atomic E-state index is 9.13. The Labute approximate surface area is 173 Å². The number of ether oxygens (including phenoxy) is 1. The molecule has 2 rings (SSSR count). The molecule has 1 N–H and O–H groups in total. The van der Waals surface area contributed by atoms with Crippen LogP contribution < -0.4 is 4.74 Å². The van der Waals surface area contributed by atoms with Crippen molar-refractivity contribution in [2.24, 2.45) is 0 Å². The van der Waals surface area contributed by atoms with Crippen molar-refractivity contribution in [3.05, 3.63) is 58.7 Å². The molecule has 2 heteroatoms. The zero-order valence-corrected chi connectivity index (χ0v) is 18.7. The number of rotatable bonds is 8. The highest BCUT2D eigenvalue weighted by atomic mass is 16.5. The molecule has 0 atom stereocenters. The van der Waals surface area contributed by atoms with Crippen LogP contribution in [0.3, 0.4) is 0 Å². The Bertz CT molecular complexity index is 661. The molecule has 0 bridgehead atoms. The zero-order chi connectivity index (χ0) is 20.8. The van der Waals surface area contributed by atoms with Crippen LogP contribution in [0.25, 0.3) is 0 Å². The molecule has 0 saturated heterocycles. The van der Waals surface area contributed by atoms with Crippen LogP contribution in [0.4, 0.5) is 0 Å². The molecule has 1 heterocycles. The zero-order valence-electron chi connectivity index (χ0n) is 18.7. The highest BCUT2D eigenvalue weighted by Gasteiger charge is 2.09. The topological polar surface area (TPSA) is 29.5 Å². The predicted octanol–water partition coefficient (Wildman–Crippen LogP) is 7.92. The molecule has 1 aromatic rings. The lowest BCUT2D eigenvalue weighted by molar-refractivity contribution is 0.287. The third kappa shape index (κ3) is 11.0. The maximum Gasteiger partial charge on any atom is 0.122 e. The fraction of sp³-hybridized carbons (Fsp3) is 0.538.